The largest absolute Gasteiger partial charge is 0.439 e. The van der Waals surface area contributed by atoms with E-state index in [1.807, 2.05) is 61.5 Å². The van der Waals surface area contributed by atoms with E-state index in [1.165, 1.54) is 42.7 Å². The van der Waals surface area contributed by atoms with Gasteiger partial charge >= 0.3 is 11.4 Å². The van der Waals surface area contributed by atoms with Crippen molar-refractivity contribution in [2.45, 2.75) is 26.4 Å². The average molecular weight is 612 g/mol. The van der Waals surface area contributed by atoms with Crippen molar-refractivity contribution < 1.29 is 13.8 Å². The van der Waals surface area contributed by atoms with Crippen LogP contribution in [0.2, 0.25) is 0 Å². The van der Waals surface area contributed by atoms with E-state index in [1.54, 1.807) is 4.57 Å². The van der Waals surface area contributed by atoms with Crippen molar-refractivity contribution in [1.82, 2.24) is 19.3 Å². The van der Waals surface area contributed by atoms with Gasteiger partial charge in [-0.2, -0.15) is 0 Å². The number of fused-ring (bicyclic) bond motifs is 1. The van der Waals surface area contributed by atoms with Crippen LogP contribution in [0.15, 0.2) is 103 Å². The fraction of sp³-hybridized carbons (Fsp3) is 0.156. The van der Waals surface area contributed by atoms with Gasteiger partial charge in [0, 0.05) is 16.0 Å². The zero-order valence-electron chi connectivity index (χ0n) is 23.7. The quantitative estimate of drug-likeness (QED) is 0.181. The lowest BCUT2D eigenvalue weighted by Gasteiger charge is -2.14. The first-order valence-electron chi connectivity index (χ1n) is 13.7. The second-order valence-electron chi connectivity index (χ2n) is 9.96. The lowest BCUT2D eigenvalue weighted by molar-refractivity contribution is 0.212. The van der Waals surface area contributed by atoms with E-state index in [4.69, 9.17) is 9.36 Å². The van der Waals surface area contributed by atoms with Crippen molar-refractivity contribution in [3.8, 4) is 22.5 Å². The van der Waals surface area contributed by atoms with Gasteiger partial charge in [0.2, 0.25) is 0 Å². The zero-order chi connectivity index (χ0) is 30.8. The van der Waals surface area contributed by atoms with Crippen LogP contribution in [0, 0.1) is 5.82 Å². The average Bonchev–Trinajstić information content (AvgIpc) is 3.68. The van der Waals surface area contributed by atoms with Crippen LogP contribution in [0.25, 0.3) is 32.7 Å². The maximum Gasteiger partial charge on any atom is 0.439 e. The van der Waals surface area contributed by atoms with Crippen LogP contribution in [0.3, 0.4) is 0 Å². The van der Waals surface area contributed by atoms with Crippen LogP contribution in [0.4, 0.5) is 4.39 Å². The van der Waals surface area contributed by atoms with E-state index >= 15 is 0 Å². The Morgan fingerprint density at radius 1 is 1.00 bits per heavy atom. The molecule has 0 saturated carbocycles. The molecule has 0 spiro atoms. The van der Waals surface area contributed by atoms with E-state index in [-0.39, 0.29) is 13.1 Å². The van der Waals surface area contributed by atoms with Crippen molar-refractivity contribution in [2.24, 2.45) is 5.16 Å². The number of benzene rings is 3. The number of rotatable bonds is 9. The molecule has 6 aromatic rings. The molecule has 0 aliphatic heterocycles. The van der Waals surface area contributed by atoms with Crippen LogP contribution in [0.1, 0.15) is 22.9 Å². The fourth-order valence-electron chi connectivity index (χ4n) is 5.04. The number of aromatic nitrogens is 4. The molecule has 0 unspecified atom stereocenters. The highest BCUT2D eigenvalue weighted by atomic mass is 32.1. The second kappa shape index (κ2) is 12.1. The maximum atomic E-state index is 14.0. The number of thiophene rings is 1. The third kappa shape index (κ3) is 5.54. The van der Waals surface area contributed by atoms with Crippen molar-refractivity contribution in [3.63, 3.8) is 0 Å². The molecule has 0 aliphatic carbocycles. The van der Waals surface area contributed by atoms with Gasteiger partial charge < -0.3 is 4.84 Å². The molecule has 0 bridgehead atoms. The van der Waals surface area contributed by atoms with Gasteiger partial charge in [-0.25, -0.2) is 14.0 Å². The fourth-order valence-corrected chi connectivity index (χ4v) is 6.12. The number of hydrogen-bond acceptors (Lipinski definition) is 8. The van der Waals surface area contributed by atoms with Crippen LogP contribution in [-0.2, 0) is 24.3 Å². The van der Waals surface area contributed by atoms with Crippen LogP contribution < -0.4 is 17.0 Å². The first kappa shape index (κ1) is 28.7. The number of nitrogens with zero attached hydrogens (tertiary/aromatic N) is 4. The van der Waals surface area contributed by atoms with Crippen LogP contribution in [0.5, 0.6) is 0 Å². The summed E-state index contributed by atoms with van der Waals surface area (Å²) < 4.78 is 21.0. The van der Waals surface area contributed by atoms with E-state index in [9.17, 15) is 18.8 Å². The van der Waals surface area contributed by atoms with E-state index in [0.717, 1.165) is 26.1 Å². The third-order valence-corrected chi connectivity index (χ3v) is 8.51. The maximum absolute atomic E-state index is 14.0. The van der Waals surface area contributed by atoms with Crippen molar-refractivity contribution in [1.29, 1.82) is 0 Å². The Morgan fingerprint density at radius 3 is 2.39 bits per heavy atom. The van der Waals surface area contributed by atoms with Gasteiger partial charge in [-0.05, 0) is 41.3 Å². The van der Waals surface area contributed by atoms with Crippen LogP contribution >= 0.6 is 11.3 Å². The molecule has 10 nitrogen and oxygen atoms in total. The molecule has 0 aliphatic rings. The molecule has 0 saturated heterocycles. The van der Waals surface area contributed by atoms with Gasteiger partial charge in [0.1, 0.15) is 23.5 Å². The first-order valence-corrected chi connectivity index (χ1v) is 14.5. The molecule has 0 atom stereocenters. The summed E-state index contributed by atoms with van der Waals surface area (Å²) in [6.07, 6.45) is 0.712. The van der Waals surface area contributed by atoms with Gasteiger partial charge in [-0.1, -0.05) is 77.9 Å². The minimum absolute atomic E-state index is 0.162. The normalized spacial score (nSPS) is 11.8. The number of nitrogens with one attached hydrogen (secondary N) is 1. The first-order chi connectivity index (χ1) is 21.4. The Morgan fingerprint density at radius 2 is 1.73 bits per heavy atom. The molecule has 3 aromatic carbocycles. The number of hydrogen-bond donors (Lipinski definition) is 1. The number of aromatic amines is 1. The van der Waals surface area contributed by atoms with E-state index in [2.05, 4.69) is 15.3 Å². The molecule has 0 amide bonds. The summed E-state index contributed by atoms with van der Waals surface area (Å²) in [6.45, 7) is 2.05. The standard InChI is InChI=1S/C32H26FN5O5S/c1-3-23-16-26-29(39)37(18-27(35-42-2)21-12-14-22(33)15-13-21)32(41)38(30(26)44-23)17-19-8-10-20(11-9-19)24-6-4-5-7-25(24)28-34-31(40)43-36-28/h4-16H,3,17-18H2,1-2H3,(H,34,36,40)/b35-27+. The summed E-state index contributed by atoms with van der Waals surface area (Å²) >= 11 is 1.42. The Kier molecular flexibility index (Phi) is 7.90. The van der Waals surface area contributed by atoms with Crippen LogP contribution in [-0.4, -0.2) is 32.1 Å². The Hall–Kier alpha value is -5.36. The third-order valence-electron chi connectivity index (χ3n) is 7.21. The highest BCUT2D eigenvalue weighted by molar-refractivity contribution is 7.18. The summed E-state index contributed by atoms with van der Waals surface area (Å²) in [7, 11) is 1.37. The van der Waals surface area contributed by atoms with Gasteiger partial charge in [0.15, 0.2) is 5.82 Å². The predicted octanol–water partition coefficient (Wildman–Crippen LogP) is 5.04. The Bertz CT molecular complexity index is 2170. The molecular weight excluding hydrogens is 585 g/mol. The highest BCUT2D eigenvalue weighted by Gasteiger charge is 2.19. The number of aryl methyl sites for hydroxylation is 1. The lowest BCUT2D eigenvalue weighted by atomic mass is 9.98. The molecule has 0 fully saturated rings. The van der Waals surface area contributed by atoms with Crippen molar-refractivity contribution in [3.05, 3.63) is 132 Å². The molecule has 6 rings (SSSR count). The number of halogens is 1. The summed E-state index contributed by atoms with van der Waals surface area (Å²) in [5, 5.41) is 8.31. The Labute approximate surface area is 253 Å². The molecule has 3 heterocycles. The summed E-state index contributed by atoms with van der Waals surface area (Å²) in [6, 6.07) is 22.6. The summed E-state index contributed by atoms with van der Waals surface area (Å²) in [5.74, 6) is -0.729. The van der Waals surface area contributed by atoms with Gasteiger partial charge in [-0.15, -0.1) is 11.3 Å². The molecule has 0 radical (unpaired) electrons. The van der Waals surface area contributed by atoms with Crippen molar-refractivity contribution >= 4 is 27.3 Å². The SMILES string of the molecule is CCc1cc2c(=O)n(C/C(=N\OC)c3ccc(F)cc3)c(=O)n(Cc3ccc(-c4ccccc4-c4noc(=O)[nH]4)cc3)c2s1. The van der Waals surface area contributed by atoms with Gasteiger partial charge in [0.05, 0.1) is 18.5 Å². The topological polar surface area (TPSA) is 124 Å². The van der Waals surface area contributed by atoms with E-state index in [0.29, 0.717) is 39.3 Å². The molecule has 12 heteroatoms. The zero-order valence-corrected chi connectivity index (χ0v) is 24.6. The molecule has 3 aromatic heterocycles. The Balaban J connectivity index is 1.40. The molecular formula is C32H26FN5O5S. The smallest absolute Gasteiger partial charge is 0.399 e. The molecule has 1 N–H and O–H groups in total. The molecule has 44 heavy (non-hydrogen) atoms. The predicted molar refractivity (Wildman–Crippen MR) is 167 cm³/mol. The summed E-state index contributed by atoms with van der Waals surface area (Å²) in [4.78, 5) is 48.3. The summed E-state index contributed by atoms with van der Waals surface area (Å²) in [5.41, 5.74) is 3.16. The number of oxime groups is 1. The second-order valence-corrected chi connectivity index (χ2v) is 11.1. The minimum atomic E-state index is -0.638. The lowest BCUT2D eigenvalue weighted by Crippen LogP contribution is -2.41. The van der Waals surface area contributed by atoms with Gasteiger partial charge in [-0.3, -0.25) is 23.4 Å². The van der Waals surface area contributed by atoms with Gasteiger partial charge in [0.25, 0.3) is 5.56 Å². The number of H-pyrrole nitrogens is 1. The minimum Gasteiger partial charge on any atom is -0.399 e. The van der Waals surface area contributed by atoms with E-state index < -0.39 is 22.8 Å². The molecule has 222 valence electrons. The van der Waals surface area contributed by atoms with Crippen molar-refractivity contribution in [2.75, 3.05) is 7.11 Å². The monoisotopic (exact) mass is 611 g/mol. The highest BCUT2D eigenvalue weighted by Crippen LogP contribution is 2.30.